The Kier molecular flexibility index (Phi) is 9.99. The van der Waals surface area contributed by atoms with Crippen LogP contribution < -0.4 is 5.32 Å². The van der Waals surface area contributed by atoms with Crippen molar-refractivity contribution in [3.63, 3.8) is 0 Å². The van der Waals surface area contributed by atoms with E-state index in [-0.39, 0.29) is 36.7 Å². The third-order valence-electron chi connectivity index (χ3n) is 5.07. The molecule has 37 heavy (non-hydrogen) atoms. The van der Waals surface area contributed by atoms with Crippen molar-refractivity contribution in [2.24, 2.45) is 0 Å². The maximum absolute atomic E-state index is 14.7. The Morgan fingerprint density at radius 3 is 2.35 bits per heavy atom. The van der Waals surface area contributed by atoms with Crippen LogP contribution in [0.3, 0.4) is 0 Å². The van der Waals surface area contributed by atoms with Gasteiger partial charge in [-0.15, -0.1) is 0 Å². The number of aromatic nitrogens is 2. The van der Waals surface area contributed by atoms with Crippen LogP contribution in [-0.2, 0) is 32.5 Å². The molecular weight excluding hydrogens is 503 g/mol. The van der Waals surface area contributed by atoms with Gasteiger partial charge in [0, 0.05) is 32.6 Å². The Morgan fingerprint density at radius 1 is 1.19 bits per heavy atom. The minimum atomic E-state index is -3.57. The normalized spacial score (nSPS) is 12.5. The third-order valence-corrected chi connectivity index (χ3v) is 6.90. The molecule has 0 saturated heterocycles. The highest BCUT2D eigenvalue weighted by molar-refractivity contribution is 7.89. The molecule has 1 aromatic heterocycles. The van der Waals surface area contributed by atoms with E-state index in [1.54, 1.807) is 46.8 Å². The topological polar surface area (TPSA) is 120 Å². The zero-order valence-corrected chi connectivity index (χ0v) is 23.1. The summed E-state index contributed by atoms with van der Waals surface area (Å²) in [6.45, 7) is 8.20. The molecule has 0 unspecified atom stereocenters. The highest BCUT2D eigenvalue weighted by atomic mass is 32.2. The van der Waals surface area contributed by atoms with Crippen LogP contribution in [0.2, 0.25) is 0 Å². The van der Waals surface area contributed by atoms with Crippen molar-refractivity contribution < 1.29 is 31.9 Å². The number of carbonyl (C=O) groups is 2. The molecule has 10 nitrogen and oxygen atoms in total. The van der Waals surface area contributed by atoms with Crippen LogP contribution in [0.5, 0.6) is 0 Å². The van der Waals surface area contributed by atoms with Gasteiger partial charge in [0.1, 0.15) is 11.4 Å². The number of amides is 1. The quantitative estimate of drug-likeness (QED) is 0.459. The fourth-order valence-corrected chi connectivity index (χ4v) is 4.24. The van der Waals surface area contributed by atoms with Crippen LogP contribution in [0.1, 0.15) is 55.0 Å². The van der Waals surface area contributed by atoms with Crippen molar-refractivity contribution >= 4 is 22.1 Å². The van der Waals surface area contributed by atoms with Crippen LogP contribution in [-0.4, -0.2) is 67.4 Å². The van der Waals surface area contributed by atoms with Gasteiger partial charge in [-0.2, -0.15) is 5.10 Å². The Morgan fingerprint density at radius 2 is 1.81 bits per heavy atom. The maximum atomic E-state index is 14.7. The van der Waals surface area contributed by atoms with E-state index >= 15 is 0 Å². The van der Waals surface area contributed by atoms with Crippen molar-refractivity contribution in [3.8, 4) is 0 Å². The first-order valence-electron chi connectivity index (χ1n) is 11.7. The van der Waals surface area contributed by atoms with E-state index in [1.165, 1.54) is 37.0 Å². The van der Waals surface area contributed by atoms with Crippen molar-refractivity contribution in [1.29, 1.82) is 0 Å². The molecule has 0 radical (unpaired) electrons. The summed E-state index contributed by atoms with van der Waals surface area (Å²) in [5.41, 5.74) is 1.22. The largest absolute Gasteiger partial charge is 0.461 e. The van der Waals surface area contributed by atoms with Gasteiger partial charge in [-0.1, -0.05) is 12.1 Å². The first-order valence-corrected chi connectivity index (χ1v) is 13.2. The zero-order chi connectivity index (χ0) is 28.0. The highest BCUT2D eigenvalue weighted by Gasteiger charge is 2.24. The third kappa shape index (κ3) is 8.39. The number of alkyl carbamates (subject to hydrolysis) is 1. The average molecular weight is 539 g/mol. The van der Waals surface area contributed by atoms with E-state index in [9.17, 15) is 22.4 Å². The lowest BCUT2D eigenvalue weighted by molar-refractivity contribution is 0.0507. The second-order valence-electron chi connectivity index (χ2n) is 9.43. The van der Waals surface area contributed by atoms with Crippen LogP contribution in [0.4, 0.5) is 9.18 Å². The minimum Gasteiger partial charge on any atom is -0.461 e. The number of benzene rings is 1. The van der Waals surface area contributed by atoms with E-state index in [0.29, 0.717) is 11.3 Å². The van der Waals surface area contributed by atoms with Gasteiger partial charge in [0.05, 0.1) is 23.7 Å². The van der Waals surface area contributed by atoms with E-state index in [0.717, 1.165) is 9.87 Å². The molecular formula is C25H35FN4O6S. The van der Waals surface area contributed by atoms with Gasteiger partial charge in [0.15, 0.2) is 5.69 Å². The van der Waals surface area contributed by atoms with Gasteiger partial charge in [-0.3, -0.25) is 4.68 Å². The number of ether oxygens (including phenoxy) is 2. The average Bonchev–Trinajstić information content (AvgIpc) is 3.07. The van der Waals surface area contributed by atoms with Gasteiger partial charge in [-0.25, -0.2) is 26.7 Å². The summed E-state index contributed by atoms with van der Waals surface area (Å²) >= 11 is 0. The molecule has 12 heteroatoms. The number of sulfonamides is 1. The Hall–Kier alpha value is -3.25. The molecule has 0 fully saturated rings. The summed E-state index contributed by atoms with van der Waals surface area (Å²) in [4.78, 5) is 24.7. The molecule has 0 aliphatic rings. The number of nitrogens with zero attached hydrogens (tertiary/aromatic N) is 3. The van der Waals surface area contributed by atoms with Crippen molar-refractivity contribution in [2.45, 2.75) is 58.1 Å². The molecule has 0 spiro atoms. The maximum Gasteiger partial charge on any atom is 0.407 e. The molecule has 2 rings (SSSR count). The van der Waals surface area contributed by atoms with E-state index in [1.807, 2.05) is 0 Å². The van der Waals surface area contributed by atoms with Crippen LogP contribution in [0.15, 0.2) is 41.1 Å². The van der Waals surface area contributed by atoms with Gasteiger partial charge in [-0.05, 0) is 58.4 Å². The SMILES string of the molecule is CCOC(=O)c1c(Cc2ccc(S(=O)(=O)N(C)C)cc2)c(C)nn1C/C(F)=C/CNC(=O)OC(C)(C)C. The number of halogens is 1. The van der Waals surface area contributed by atoms with Crippen molar-refractivity contribution in [2.75, 3.05) is 27.2 Å². The summed E-state index contributed by atoms with van der Waals surface area (Å²) in [6.07, 6.45) is 0.748. The molecule has 1 amide bonds. The lowest BCUT2D eigenvalue weighted by Gasteiger charge is -2.19. The van der Waals surface area contributed by atoms with E-state index < -0.39 is 33.5 Å². The first-order chi connectivity index (χ1) is 17.2. The van der Waals surface area contributed by atoms with Gasteiger partial charge in [0.2, 0.25) is 10.0 Å². The lowest BCUT2D eigenvalue weighted by Crippen LogP contribution is -2.32. The summed E-state index contributed by atoms with van der Waals surface area (Å²) in [5, 5.41) is 6.78. The molecule has 0 saturated carbocycles. The smallest absolute Gasteiger partial charge is 0.407 e. The van der Waals surface area contributed by atoms with Crippen LogP contribution in [0.25, 0.3) is 0 Å². The van der Waals surface area contributed by atoms with Gasteiger partial charge in [0.25, 0.3) is 0 Å². The molecule has 0 aliphatic heterocycles. The standard InChI is InChI=1S/C25H35FN4O6S/c1-8-35-23(31)22-21(15-18-9-11-20(12-10-18)37(33,34)29(6)7)17(2)28-30(22)16-19(26)13-14-27-24(32)36-25(3,4)5/h9-13H,8,14-16H2,1-7H3,(H,27,32)/b19-13-. The summed E-state index contributed by atoms with van der Waals surface area (Å²) < 4.78 is 52.0. The van der Waals surface area contributed by atoms with Gasteiger partial charge >= 0.3 is 12.1 Å². The second-order valence-corrected chi connectivity index (χ2v) is 11.6. The van der Waals surface area contributed by atoms with Crippen molar-refractivity contribution in [3.05, 3.63) is 58.7 Å². The summed E-state index contributed by atoms with van der Waals surface area (Å²) in [6, 6.07) is 6.30. The molecule has 1 N–H and O–H groups in total. The molecule has 2 aromatic rings. The molecule has 0 aliphatic carbocycles. The van der Waals surface area contributed by atoms with Gasteiger partial charge < -0.3 is 14.8 Å². The molecule has 0 atom stereocenters. The molecule has 1 aromatic carbocycles. The number of hydrogen-bond donors (Lipinski definition) is 1. The Bertz CT molecular complexity index is 1250. The predicted octanol–water partition coefficient (Wildman–Crippen LogP) is 3.59. The number of aryl methyl sites for hydroxylation is 1. The summed E-state index contributed by atoms with van der Waals surface area (Å²) in [5.74, 6) is -1.27. The van der Waals surface area contributed by atoms with E-state index in [2.05, 4.69) is 10.4 Å². The van der Waals surface area contributed by atoms with E-state index in [4.69, 9.17) is 9.47 Å². The van der Waals surface area contributed by atoms with Crippen LogP contribution in [0, 0.1) is 6.92 Å². The number of hydrogen-bond acceptors (Lipinski definition) is 7. The number of allylic oxidation sites excluding steroid dienone is 1. The first kappa shape index (κ1) is 30.0. The van der Waals surface area contributed by atoms with Crippen molar-refractivity contribution in [1.82, 2.24) is 19.4 Å². The fraction of sp³-hybridized carbons (Fsp3) is 0.480. The fourth-order valence-electron chi connectivity index (χ4n) is 3.33. The van der Waals surface area contributed by atoms with Crippen LogP contribution >= 0.6 is 0 Å². The number of carbonyl (C=O) groups excluding carboxylic acids is 2. The molecule has 0 bridgehead atoms. The predicted molar refractivity (Wildman–Crippen MR) is 136 cm³/mol. The molecule has 1 heterocycles. The Labute approximate surface area is 217 Å². The molecule has 204 valence electrons. The number of esters is 1. The summed E-state index contributed by atoms with van der Waals surface area (Å²) in [7, 11) is -0.670. The second kappa shape index (κ2) is 12.3. The highest BCUT2D eigenvalue weighted by Crippen LogP contribution is 2.22. The number of nitrogens with one attached hydrogen (secondary N) is 1. The minimum absolute atomic E-state index is 0.105. The Balaban J connectivity index is 2.27. The zero-order valence-electron chi connectivity index (χ0n) is 22.3. The monoisotopic (exact) mass is 538 g/mol. The lowest BCUT2D eigenvalue weighted by atomic mass is 10.0. The number of rotatable bonds is 10.